The summed E-state index contributed by atoms with van der Waals surface area (Å²) in [5.41, 5.74) is 0. The first-order valence-electron chi connectivity index (χ1n) is 8.21. The standard InChI is InChI=1S/C15H27N7O/c1-4-5-8-16-15(17-9-14(23)21(2)3)20-12-6-7-13-18-11-19-22(13)10-12/h11-12H,4-10H2,1-3H3,(H2,16,17,20). The van der Waals surface area contributed by atoms with Gasteiger partial charge in [0.05, 0.1) is 6.54 Å². The highest BCUT2D eigenvalue weighted by atomic mass is 16.2. The molecule has 0 saturated heterocycles. The molecule has 1 aliphatic rings. The van der Waals surface area contributed by atoms with E-state index in [-0.39, 0.29) is 18.5 Å². The summed E-state index contributed by atoms with van der Waals surface area (Å²) in [6.07, 6.45) is 5.66. The highest BCUT2D eigenvalue weighted by Gasteiger charge is 2.20. The van der Waals surface area contributed by atoms with Crippen LogP contribution >= 0.6 is 0 Å². The fourth-order valence-corrected chi connectivity index (χ4v) is 2.37. The van der Waals surface area contributed by atoms with Crippen LogP contribution in [0.2, 0.25) is 0 Å². The van der Waals surface area contributed by atoms with E-state index < -0.39 is 0 Å². The van der Waals surface area contributed by atoms with Crippen molar-refractivity contribution in [3.8, 4) is 0 Å². The number of carbonyl (C=O) groups is 1. The van der Waals surface area contributed by atoms with Gasteiger partial charge in [-0.2, -0.15) is 5.10 Å². The second-order valence-electron chi connectivity index (χ2n) is 5.97. The molecule has 1 amide bonds. The van der Waals surface area contributed by atoms with Crippen molar-refractivity contribution in [1.82, 2.24) is 30.3 Å². The molecule has 8 heteroatoms. The molecule has 23 heavy (non-hydrogen) atoms. The lowest BCUT2D eigenvalue weighted by Gasteiger charge is -2.25. The number of hydrogen-bond donors (Lipinski definition) is 2. The highest BCUT2D eigenvalue weighted by molar-refractivity contribution is 5.84. The lowest BCUT2D eigenvalue weighted by molar-refractivity contribution is -0.127. The Kier molecular flexibility index (Phi) is 6.37. The number of unbranched alkanes of at least 4 members (excludes halogenated alkanes) is 1. The number of nitrogens with one attached hydrogen (secondary N) is 2. The third-order valence-electron chi connectivity index (χ3n) is 3.84. The van der Waals surface area contributed by atoms with E-state index in [2.05, 4.69) is 32.6 Å². The molecule has 2 heterocycles. The number of aliphatic imine (C=N–C) groups is 1. The second-order valence-corrected chi connectivity index (χ2v) is 5.97. The number of guanidine groups is 1. The quantitative estimate of drug-likeness (QED) is 0.438. The number of amides is 1. The normalized spacial score (nSPS) is 17.5. The molecule has 0 fully saturated rings. The third kappa shape index (κ3) is 5.22. The number of aryl methyl sites for hydroxylation is 1. The van der Waals surface area contributed by atoms with Gasteiger partial charge in [0.2, 0.25) is 5.91 Å². The van der Waals surface area contributed by atoms with Gasteiger partial charge in [-0.25, -0.2) is 14.7 Å². The van der Waals surface area contributed by atoms with Crippen LogP contribution in [0.3, 0.4) is 0 Å². The Hall–Kier alpha value is -2.12. The Morgan fingerprint density at radius 1 is 1.52 bits per heavy atom. The Balaban J connectivity index is 1.93. The van der Waals surface area contributed by atoms with Gasteiger partial charge in [-0.15, -0.1) is 0 Å². The van der Waals surface area contributed by atoms with Crippen LogP contribution in [0.15, 0.2) is 11.3 Å². The number of nitrogens with zero attached hydrogens (tertiary/aromatic N) is 5. The maximum atomic E-state index is 11.7. The van der Waals surface area contributed by atoms with Crippen molar-refractivity contribution in [3.63, 3.8) is 0 Å². The van der Waals surface area contributed by atoms with Crippen molar-refractivity contribution in [3.05, 3.63) is 12.2 Å². The van der Waals surface area contributed by atoms with Crippen molar-refractivity contribution in [2.24, 2.45) is 4.99 Å². The van der Waals surface area contributed by atoms with E-state index in [4.69, 9.17) is 0 Å². The zero-order chi connectivity index (χ0) is 16.7. The van der Waals surface area contributed by atoms with Gasteiger partial charge in [-0.05, 0) is 12.8 Å². The molecule has 1 aliphatic heterocycles. The van der Waals surface area contributed by atoms with E-state index >= 15 is 0 Å². The smallest absolute Gasteiger partial charge is 0.243 e. The van der Waals surface area contributed by atoms with Crippen molar-refractivity contribution >= 4 is 11.9 Å². The largest absolute Gasteiger partial charge is 0.356 e. The predicted octanol–water partition coefficient (Wildman–Crippen LogP) is 0.0164. The van der Waals surface area contributed by atoms with E-state index in [0.717, 1.165) is 44.6 Å². The summed E-state index contributed by atoms with van der Waals surface area (Å²) in [6, 6.07) is 0.242. The minimum Gasteiger partial charge on any atom is -0.356 e. The summed E-state index contributed by atoms with van der Waals surface area (Å²) in [7, 11) is 3.48. The van der Waals surface area contributed by atoms with Gasteiger partial charge in [0.25, 0.3) is 0 Å². The monoisotopic (exact) mass is 321 g/mol. The van der Waals surface area contributed by atoms with Gasteiger partial charge in [-0.1, -0.05) is 13.3 Å². The first-order valence-corrected chi connectivity index (χ1v) is 8.21. The van der Waals surface area contributed by atoms with Crippen molar-refractivity contribution < 1.29 is 4.79 Å². The summed E-state index contributed by atoms with van der Waals surface area (Å²) in [5, 5.41) is 11.0. The Bertz CT molecular complexity index is 538. The summed E-state index contributed by atoms with van der Waals surface area (Å²) >= 11 is 0. The van der Waals surface area contributed by atoms with Gasteiger partial charge in [-0.3, -0.25) is 4.79 Å². The SMILES string of the molecule is CCCCNC(=NCC(=O)N(C)C)NC1CCc2ncnn2C1. The summed E-state index contributed by atoms with van der Waals surface area (Å²) in [4.78, 5) is 21.9. The lowest BCUT2D eigenvalue weighted by Crippen LogP contribution is -2.47. The maximum Gasteiger partial charge on any atom is 0.243 e. The molecule has 0 aromatic carbocycles. The van der Waals surface area contributed by atoms with Gasteiger partial charge in [0.15, 0.2) is 5.96 Å². The molecule has 0 saturated carbocycles. The lowest BCUT2D eigenvalue weighted by atomic mass is 10.1. The van der Waals surface area contributed by atoms with Crippen molar-refractivity contribution in [2.45, 2.75) is 45.2 Å². The van der Waals surface area contributed by atoms with Crippen LogP contribution < -0.4 is 10.6 Å². The van der Waals surface area contributed by atoms with Crippen LogP contribution in [-0.4, -0.2) is 64.8 Å². The average molecular weight is 321 g/mol. The molecule has 128 valence electrons. The zero-order valence-corrected chi connectivity index (χ0v) is 14.2. The van der Waals surface area contributed by atoms with Crippen LogP contribution in [0, 0.1) is 0 Å². The Morgan fingerprint density at radius 3 is 3.09 bits per heavy atom. The third-order valence-corrected chi connectivity index (χ3v) is 3.84. The molecule has 1 aromatic rings. The average Bonchev–Trinajstić information content (AvgIpc) is 2.99. The number of aromatic nitrogens is 3. The molecule has 2 rings (SSSR count). The zero-order valence-electron chi connectivity index (χ0n) is 14.2. The van der Waals surface area contributed by atoms with Crippen LogP contribution in [0.4, 0.5) is 0 Å². The molecule has 1 unspecified atom stereocenters. The first-order chi connectivity index (χ1) is 11.1. The number of likely N-dealkylation sites (N-methyl/N-ethyl adjacent to an activating group) is 1. The van der Waals surface area contributed by atoms with Crippen molar-refractivity contribution in [2.75, 3.05) is 27.2 Å². The van der Waals surface area contributed by atoms with Gasteiger partial charge in [0.1, 0.15) is 18.7 Å². The van der Waals surface area contributed by atoms with Crippen LogP contribution in [0.1, 0.15) is 32.0 Å². The highest BCUT2D eigenvalue weighted by Crippen LogP contribution is 2.11. The molecule has 0 spiro atoms. The van der Waals surface area contributed by atoms with E-state index in [1.54, 1.807) is 25.3 Å². The first kappa shape index (κ1) is 17.2. The number of carbonyl (C=O) groups excluding carboxylic acids is 1. The topological polar surface area (TPSA) is 87.4 Å². The van der Waals surface area contributed by atoms with E-state index in [1.165, 1.54) is 0 Å². The summed E-state index contributed by atoms with van der Waals surface area (Å²) in [6.45, 7) is 3.91. The van der Waals surface area contributed by atoms with E-state index in [1.807, 2.05) is 4.68 Å². The molecule has 8 nitrogen and oxygen atoms in total. The fourth-order valence-electron chi connectivity index (χ4n) is 2.37. The molecular weight excluding hydrogens is 294 g/mol. The molecule has 2 N–H and O–H groups in total. The van der Waals surface area contributed by atoms with Gasteiger partial charge in [0, 0.05) is 33.1 Å². The fraction of sp³-hybridized carbons (Fsp3) is 0.733. The van der Waals surface area contributed by atoms with E-state index in [0.29, 0.717) is 5.96 Å². The summed E-state index contributed by atoms with van der Waals surface area (Å²) < 4.78 is 1.93. The molecule has 1 atom stereocenters. The summed E-state index contributed by atoms with van der Waals surface area (Å²) in [5.74, 6) is 1.72. The van der Waals surface area contributed by atoms with Crippen molar-refractivity contribution in [1.29, 1.82) is 0 Å². The van der Waals surface area contributed by atoms with Crippen LogP contribution in [-0.2, 0) is 17.8 Å². The van der Waals surface area contributed by atoms with Crippen LogP contribution in [0.25, 0.3) is 0 Å². The Labute approximate surface area is 137 Å². The molecule has 0 bridgehead atoms. The molecule has 0 radical (unpaired) electrons. The van der Waals surface area contributed by atoms with E-state index in [9.17, 15) is 4.79 Å². The maximum absolute atomic E-state index is 11.7. The predicted molar refractivity (Wildman–Crippen MR) is 89.2 cm³/mol. The number of fused-ring (bicyclic) bond motifs is 1. The van der Waals surface area contributed by atoms with Crippen LogP contribution in [0.5, 0.6) is 0 Å². The van der Waals surface area contributed by atoms with Gasteiger partial charge >= 0.3 is 0 Å². The Morgan fingerprint density at radius 2 is 2.35 bits per heavy atom. The number of rotatable bonds is 6. The molecule has 1 aromatic heterocycles. The molecule has 0 aliphatic carbocycles. The molecular formula is C15H27N7O. The van der Waals surface area contributed by atoms with Gasteiger partial charge < -0.3 is 15.5 Å². The number of hydrogen-bond acceptors (Lipinski definition) is 4. The minimum absolute atomic E-state index is 0.0104. The second kappa shape index (κ2) is 8.50. The minimum atomic E-state index is -0.0104.